The summed E-state index contributed by atoms with van der Waals surface area (Å²) >= 11 is 0. The molecule has 2 atom stereocenters. The van der Waals surface area contributed by atoms with Crippen LogP contribution >= 0.6 is 0 Å². The van der Waals surface area contributed by atoms with Crippen LogP contribution in [0.4, 0.5) is 0 Å². The highest BCUT2D eigenvalue weighted by atomic mass is 16.5. The molecule has 0 bridgehead atoms. The zero-order valence-electron chi connectivity index (χ0n) is 8.95. The molecule has 0 aromatic heterocycles. The predicted octanol–water partition coefficient (Wildman–Crippen LogP) is 1.50. The average molecular weight is 199 g/mol. The van der Waals surface area contributed by atoms with Gasteiger partial charge in [0.15, 0.2) is 0 Å². The number of hydrogen-bond acceptors (Lipinski definition) is 3. The van der Waals surface area contributed by atoms with Crippen molar-refractivity contribution in [3.05, 3.63) is 0 Å². The third kappa shape index (κ3) is 3.39. The van der Waals surface area contributed by atoms with Crippen molar-refractivity contribution in [2.75, 3.05) is 7.11 Å². The first-order chi connectivity index (χ1) is 6.77. The largest absolute Gasteiger partial charge is 0.372 e. The summed E-state index contributed by atoms with van der Waals surface area (Å²) < 4.78 is 5.01. The number of rotatable bonds is 5. The minimum atomic E-state index is -0.420. The molecule has 82 valence electrons. The van der Waals surface area contributed by atoms with Crippen molar-refractivity contribution in [1.29, 1.82) is 0 Å². The van der Waals surface area contributed by atoms with E-state index in [4.69, 9.17) is 10.5 Å². The van der Waals surface area contributed by atoms with E-state index >= 15 is 0 Å². The molecule has 2 N–H and O–H groups in total. The molecule has 0 saturated heterocycles. The van der Waals surface area contributed by atoms with Crippen LogP contribution in [0.5, 0.6) is 0 Å². The van der Waals surface area contributed by atoms with Crippen molar-refractivity contribution in [3.8, 4) is 0 Å². The molecular weight excluding hydrogens is 178 g/mol. The van der Waals surface area contributed by atoms with Crippen LogP contribution in [0.3, 0.4) is 0 Å². The van der Waals surface area contributed by atoms with Gasteiger partial charge in [-0.25, -0.2) is 0 Å². The van der Waals surface area contributed by atoms with Crippen molar-refractivity contribution in [2.45, 2.75) is 50.7 Å². The van der Waals surface area contributed by atoms with Crippen LogP contribution in [0, 0.1) is 5.92 Å². The Labute approximate surface area is 86.0 Å². The highest BCUT2D eigenvalue weighted by Crippen LogP contribution is 2.27. The van der Waals surface area contributed by atoms with Gasteiger partial charge in [-0.15, -0.1) is 0 Å². The first-order valence-corrected chi connectivity index (χ1v) is 5.51. The predicted molar refractivity (Wildman–Crippen MR) is 56.0 cm³/mol. The highest BCUT2D eigenvalue weighted by molar-refractivity contribution is 5.57. The van der Waals surface area contributed by atoms with E-state index < -0.39 is 6.10 Å². The molecular formula is C11H21NO2. The molecule has 1 aliphatic rings. The molecule has 0 aromatic rings. The maximum atomic E-state index is 10.6. The molecule has 0 amide bonds. The van der Waals surface area contributed by atoms with Gasteiger partial charge in [0, 0.05) is 13.2 Å². The van der Waals surface area contributed by atoms with Gasteiger partial charge in [-0.3, -0.25) is 0 Å². The zero-order valence-corrected chi connectivity index (χ0v) is 8.95. The van der Waals surface area contributed by atoms with Crippen LogP contribution in [-0.4, -0.2) is 25.5 Å². The lowest BCUT2D eigenvalue weighted by molar-refractivity contribution is -0.117. The van der Waals surface area contributed by atoms with E-state index in [-0.39, 0.29) is 6.04 Å². The summed E-state index contributed by atoms with van der Waals surface area (Å²) in [7, 11) is 1.54. The van der Waals surface area contributed by atoms with Crippen LogP contribution in [0.15, 0.2) is 0 Å². The Morgan fingerprint density at radius 3 is 2.57 bits per heavy atom. The number of carbonyl (C=O) groups is 1. The number of methoxy groups -OCH3 is 1. The van der Waals surface area contributed by atoms with E-state index in [1.54, 1.807) is 7.11 Å². The number of aldehydes is 1. The van der Waals surface area contributed by atoms with E-state index in [0.717, 1.165) is 12.7 Å². The summed E-state index contributed by atoms with van der Waals surface area (Å²) in [6, 6.07) is -0.124. The summed E-state index contributed by atoms with van der Waals surface area (Å²) in [4.78, 5) is 10.6. The van der Waals surface area contributed by atoms with Crippen LogP contribution in [0.25, 0.3) is 0 Å². The number of nitrogens with two attached hydrogens (primary N) is 1. The Hall–Kier alpha value is -0.410. The quantitative estimate of drug-likeness (QED) is 0.683. The van der Waals surface area contributed by atoms with Crippen molar-refractivity contribution in [3.63, 3.8) is 0 Å². The third-order valence-corrected chi connectivity index (χ3v) is 3.16. The maximum absolute atomic E-state index is 10.6. The van der Waals surface area contributed by atoms with Crippen LogP contribution in [0.2, 0.25) is 0 Å². The maximum Gasteiger partial charge on any atom is 0.150 e. The molecule has 1 fully saturated rings. The normalized spacial score (nSPS) is 23.0. The van der Waals surface area contributed by atoms with Gasteiger partial charge in [-0.2, -0.15) is 0 Å². The van der Waals surface area contributed by atoms with Gasteiger partial charge in [-0.1, -0.05) is 32.1 Å². The lowest BCUT2D eigenvalue weighted by Crippen LogP contribution is -2.39. The fraction of sp³-hybridized carbons (Fsp3) is 0.909. The van der Waals surface area contributed by atoms with Gasteiger partial charge in [0.1, 0.15) is 12.4 Å². The molecule has 0 spiro atoms. The summed E-state index contributed by atoms with van der Waals surface area (Å²) in [6.07, 6.45) is 7.84. The van der Waals surface area contributed by atoms with Gasteiger partial charge in [0.2, 0.25) is 0 Å². The average Bonchev–Trinajstić information content (AvgIpc) is 2.21. The molecule has 3 heteroatoms. The number of carbonyl (C=O) groups excluding carboxylic acids is 1. The van der Waals surface area contributed by atoms with Gasteiger partial charge < -0.3 is 15.3 Å². The molecule has 0 heterocycles. The van der Waals surface area contributed by atoms with Crippen molar-refractivity contribution in [2.24, 2.45) is 11.7 Å². The second-order valence-electron chi connectivity index (χ2n) is 4.24. The molecule has 1 saturated carbocycles. The summed E-state index contributed by atoms with van der Waals surface area (Å²) in [5.41, 5.74) is 5.91. The van der Waals surface area contributed by atoms with Gasteiger partial charge in [0.05, 0.1) is 0 Å². The van der Waals surface area contributed by atoms with Gasteiger partial charge in [0.25, 0.3) is 0 Å². The van der Waals surface area contributed by atoms with E-state index in [0.29, 0.717) is 5.92 Å². The summed E-state index contributed by atoms with van der Waals surface area (Å²) in [5.74, 6) is 0.705. The van der Waals surface area contributed by atoms with Crippen LogP contribution in [-0.2, 0) is 9.53 Å². The topological polar surface area (TPSA) is 52.3 Å². The molecule has 1 aliphatic carbocycles. The Balaban J connectivity index is 2.30. The van der Waals surface area contributed by atoms with Gasteiger partial charge >= 0.3 is 0 Å². The lowest BCUT2D eigenvalue weighted by atomic mass is 9.84. The molecule has 0 aromatic carbocycles. The van der Waals surface area contributed by atoms with Gasteiger partial charge in [-0.05, 0) is 12.3 Å². The highest BCUT2D eigenvalue weighted by Gasteiger charge is 2.22. The third-order valence-electron chi connectivity index (χ3n) is 3.16. The van der Waals surface area contributed by atoms with E-state index in [1.807, 2.05) is 0 Å². The second kappa shape index (κ2) is 6.14. The minimum Gasteiger partial charge on any atom is -0.372 e. The van der Waals surface area contributed by atoms with E-state index in [1.165, 1.54) is 32.1 Å². The summed E-state index contributed by atoms with van der Waals surface area (Å²) in [5, 5.41) is 0. The number of ether oxygens (including phenoxy) is 1. The molecule has 0 radical (unpaired) electrons. The Morgan fingerprint density at radius 2 is 2.07 bits per heavy atom. The molecule has 0 aliphatic heterocycles. The molecule has 3 nitrogen and oxygen atoms in total. The van der Waals surface area contributed by atoms with Crippen molar-refractivity contribution in [1.82, 2.24) is 0 Å². The Morgan fingerprint density at radius 1 is 1.43 bits per heavy atom. The molecule has 2 unspecified atom stereocenters. The first kappa shape index (κ1) is 11.7. The summed E-state index contributed by atoms with van der Waals surface area (Å²) in [6.45, 7) is 0. The van der Waals surface area contributed by atoms with Crippen molar-refractivity contribution < 1.29 is 9.53 Å². The van der Waals surface area contributed by atoms with Crippen LogP contribution in [0.1, 0.15) is 38.5 Å². The van der Waals surface area contributed by atoms with Crippen molar-refractivity contribution >= 4 is 6.29 Å². The molecule has 14 heavy (non-hydrogen) atoms. The standard InChI is InChI=1S/C11H21NO2/c1-14-11(8-13)10(12)7-9-5-3-2-4-6-9/h8-11H,2-7,12H2,1H3. The van der Waals surface area contributed by atoms with Crippen LogP contribution < -0.4 is 5.73 Å². The first-order valence-electron chi connectivity index (χ1n) is 5.51. The minimum absolute atomic E-state index is 0.124. The van der Waals surface area contributed by atoms with E-state index in [2.05, 4.69) is 0 Å². The Bertz CT molecular complexity index is 167. The van der Waals surface area contributed by atoms with E-state index in [9.17, 15) is 4.79 Å². The zero-order chi connectivity index (χ0) is 10.4. The lowest BCUT2D eigenvalue weighted by Gasteiger charge is -2.26. The Kier molecular flexibility index (Phi) is 5.12. The second-order valence-corrected chi connectivity index (χ2v) is 4.24. The monoisotopic (exact) mass is 199 g/mol. The smallest absolute Gasteiger partial charge is 0.150 e. The number of hydrogen-bond donors (Lipinski definition) is 1. The fourth-order valence-electron chi connectivity index (χ4n) is 2.27. The molecule has 1 rings (SSSR count). The fourth-order valence-corrected chi connectivity index (χ4v) is 2.27. The SMILES string of the molecule is COC(C=O)C(N)CC1CCCCC1.